The third kappa shape index (κ3) is 4.86. The smallest absolute Gasteiger partial charge is 0.278 e. The molecule has 0 bridgehead atoms. The van der Waals surface area contributed by atoms with Crippen LogP contribution in [0.3, 0.4) is 0 Å². The van der Waals surface area contributed by atoms with Gasteiger partial charge in [-0.3, -0.25) is 4.90 Å². The summed E-state index contributed by atoms with van der Waals surface area (Å²) in [5.74, 6) is 1.34. The van der Waals surface area contributed by atoms with Gasteiger partial charge in [0.1, 0.15) is 17.3 Å². The zero-order chi connectivity index (χ0) is 29.8. The van der Waals surface area contributed by atoms with Crippen LogP contribution in [0.2, 0.25) is 5.02 Å². The van der Waals surface area contributed by atoms with Gasteiger partial charge in [0.25, 0.3) is 5.79 Å². The van der Waals surface area contributed by atoms with Crippen molar-refractivity contribution < 1.29 is 18.6 Å². The summed E-state index contributed by atoms with van der Waals surface area (Å²) in [5.41, 5.74) is 3.69. The van der Waals surface area contributed by atoms with E-state index in [2.05, 4.69) is 36.2 Å². The maximum atomic E-state index is 14.8. The molecule has 6 heterocycles. The van der Waals surface area contributed by atoms with Crippen LogP contribution in [0.5, 0.6) is 11.5 Å². The lowest BCUT2D eigenvalue weighted by Gasteiger charge is -2.33. The maximum Gasteiger partial charge on any atom is 0.278 e. The highest BCUT2D eigenvalue weighted by molar-refractivity contribution is 6.30. The van der Waals surface area contributed by atoms with E-state index in [9.17, 15) is 4.39 Å². The van der Waals surface area contributed by atoms with E-state index in [0.29, 0.717) is 45.8 Å². The van der Waals surface area contributed by atoms with Crippen LogP contribution >= 0.6 is 11.6 Å². The molecule has 13 heteroatoms. The van der Waals surface area contributed by atoms with Crippen LogP contribution in [0.1, 0.15) is 49.1 Å². The molecule has 3 aliphatic rings. The van der Waals surface area contributed by atoms with E-state index in [1.165, 1.54) is 6.07 Å². The monoisotopic (exact) mass is 616 g/mol. The summed E-state index contributed by atoms with van der Waals surface area (Å²) in [4.78, 5) is 12.2. The van der Waals surface area contributed by atoms with Crippen molar-refractivity contribution in [2.45, 2.75) is 57.1 Å². The first kappa shape index (κ1) is 27.4. The number of ether oxygens (including phenoxy) is 3. The molecule has 11 nitrogen and oxygen atoms in total. The number of tetrazole rings is 1. The molecule has 0 amide bonds. The first-order valence-electron chi connectivity index (χ1n) is 14.8. The van der Waals surface area contributed by atoms with E-state index in [4.69, 9.17) is 35.8 Å². The van der Waals surface area contributed by atoms with Gasteiger partial charge in [0.15, 0.2) is 23.0 Å². The highest BCUT2D eigenvalue weighted by atomic mass is 35.5. The van der Waals surface area contributed by atoms with Gasteiger partial charge in [-0.25, -0.2) is 19.5 Å². The van der Waals surface area contributed by atoms with E-state index in [1.54, 1.807) is 19.1 Å². The molecule has 2 aromatic carbocycles. The molecule has 3 aromatic heterocycles. The average Bonchev–Trinajstić information content (AvgIpc) is 3.72. The van der Waals surface area contributed by atoms with E-state index >= 15 is 0 Å². The molecule has 2 unspecified atom stereocenters. The molecule has 2 fully saturated rings. The topological polar surface area (TPSA) is 116 Å². The highest BCUT2D eigenvalue weighted by Crippen LogP contribution is 2.50. The number of hydrogen-bond acceptors (Lipinski definition) is 9. The number of para-hydroxylation sites is 1. The van der Waals surface area contributed by atoms with Crippen LogP contribution in [0, 0.1) is 5.82 Å². The lowest BCUT2D eigenvalue weighted by atomic mass is 9.88. The van der Waals surface area contributed by atoms with Crippen molar-refractivity contribution in [1.82, 2.24) is 40.1 Å². The number of nitrogens with zero attached hydrogens (tertiary/aromatic N) is 7. The minimum atomic E-state index is -1.27. The van der Waals surface area contributed by atoms with E-state index in [-0.39, 0.29) is 12.0 Å². The average molecular weight is 617 g/mol. The van der Waals surface area contributed by atoms with Crippen LogP contribution < -0.4 is 9.47 Å². The number of nitrogens with one attached hydrogen (secondary N) is 1. The van der Waals surface area contributed by atoms with Crippen molar-refractivity contribution in [3.63, 3.8) is 0 Å². The third-order valence-corrected chi connectivity index (χ3v) is 9.12. The summed E-state index contributed by atoms with van der Waals surface area (Å²) >= 11 is 5.99. The minimum Gasteiger partial charge on any atom is -0.444 e. The number of likely N-dealkylation sites (tertiary alicyclic amines) is 1. The quantitative estimate of drug-likeness (QED) is 0.263. The number of rotatable bonds is 7. The van der Waals surface area contributed by atoms with Crippen molar-refractivity contribution in [2.24, 2.45) is 0 Å². The molecule has 44 heavy (non-hydrogen) atoms. The fraction of sp³-hybridized carbons (Fsp3) is 0.387. The van der Waals surface area contributed by atoms with Crippen LogP contribution in [-0.4, -0.2) is 65.9 Å². The Balaban J connectivity index is 0.999. The van der Waals surface area contributed by atoms with Gasteiger partial charge in [-0.05, 0) is 85.1 Å². The number of H-pyrrole nitrogens is 1. The zero-order valence-corrected chi connectivity index (χ0v) is 24.8. The summed E-state index contributed by atoms with van der Waals surface area (Å²) in [5, 5.41) is 14.4. The Labute approximate surface area is 257 Å². The number of aromatic amines is 1. The van der Waals surface area contributed by atoms with E-state index in [0.717, 1.165) is 62.4 Å². The number of imidazole rings is 1. The number of hydrogen-bond donors (Lipinski definition) is 1. The van der Waals surface area contributed by atoms with Crippen LogP contribution in [-0.2, 0) is 23.6 Å². The summed E-state index contributed by atoms with van der Waals surface area (Å²) < 4.78 is 35.4. The Morgan fingerprint density at radius 3 is 2.68 bits per heavy atom. The Bertz CT molecular complexity index is 1840. The van der Waals surface area contributed by atoms with Crippen molar-refractivity contribution in [3.8, 4) is 23.0 Å². The predicted octanol–water partition coefficient (Wildman–Crippen LogP) is 5.22. The van der Waals surface area contributed by atoms with Gasteiger partial charge >= 0.3 is 0 Å². The third-order valence-electron chi connectivity index (χ3n) is 8.88. The van der Waals surface area contributed by atoms with Crippen LogP contribution in [0.4, 0.5) is 4.39 Å². The molecule has 8 rings (SSSR count). The largest absolute Gasteiger partial charge is 0.444 e. The van der Waals surface area contributed by atoms with Crippen molar-refractivity contribution in [3.05, 3.63) is 76.3 Å². The number of aromatic nitrogens is 7. The highest BCUT2D eigenvalue weighted by Gasteiger charge is 2.43. The van der Waals surface area contributed by atoms with Gasteiger partial charge in [-0.15, -0.1) is 5.10 Å². The summed E-state index contributed by atoms with van der Waals surface area (Å²) in [6, 6.07) is 14.4. The number of pyridine rings is 1. The molecule has 226 valence electrons. The van der Waals surface area contributed by atoms with Gasteiger partial charge in [0, 0.05) is 24.1 Å². The summed E-state index contributed by atoms with van der Waals surface area (Å²) in [6.45, 7) is 5.77. The molecule has 1 N–H and O–H groups in total. The van der Waals surface area contributed by atoms with Crippen molar-refractivity contribution in [1.29, 1.82) is 0 Å². The number of piperidine rings is 1. The van der Waals surface area contributed by atoms with Crippen molar-refractivity contribution >= 4 is 22.8 Å². The molecule has 2 atom stereocenters. The lowest BCUT2D eigenvalue weighted by molar-refractivity contribution is -0.0712. The second-order valence-electron chi connectivity index (χ2n) is 11.7. The molecule has 0 spiro atoms. The second-order valence-corrected chi connectivity index (χ2v) is 12.1. The molecule has 5 aromatic rings. The number of benzene rings is 2. The van der Waals surface area contributed by atoms with Crippen LogP contribution in [0.25, 0.3) is 22.7 Å². The SMILES string of the molecule is CC1(c2ccc(Cl)cc2F)Oc2cccc(C3CCN(Cc4nc5nc(-c6nnn[nH]6)ccc5n4CC4CCO4)CC3)c2O1. The van der Waals surface area contributed by atoms with Gasteiger partial charge in [-0.2, -0.15) is 0 Å². The summed E-state index contributed by atoms with van der Waals surface area (Å²) in [6.07, 6.45) is 3.11. The molecule has 0 aliphatic carbocycles. The van der Waals surface area contributed by atoms with Gasteiger partial charge in [0.05, 0.1) is 30.3 Å². The number of fused-ring (bicyclic) bond motifs is 2. The Morgan fingerprint density at radius 1 is 1.07 bits per heavy atom. The Morgan fingerprint density at radius 2 is 1.93 bits per heavy atom. The lowest BCUT2D eigenvalue weighted by Crippen LogP contribution is -2.35. The predicted molar refractivity (Wildman–Crippen MR) is 159 cm³/mol. The Hall–Kier alpha value is -4.13. The first-order valence-corrected chi connectivity index (χ1v) is 15.2. The fourth-order valence-corrected chi connectivity index (χ4v) is 6.61. The molecular formula is C31H30ClFN8O3. The van der Waals surface area contributed by atoms with Gasteiger partial charge in [-0.1, -0.05) is 23.7 Å². The molecule has 0 saturated carbocycles. The van der Waals surface area contributed by atoms with Gasteiger partial charge in [0.2, 0.25) is 0 Å². The summed E-state index contributed by atoms with van der Waals surface area (Å²) in [7, 11) is 0. The molecule has 3 aliphatic heterocycles. The molecular weight excluding hydrogens is 587 g/mol. The second kappa shape index (κ2) is 10.8. The Kier molecular flexibility index (Phi) is 6.73. The minimum absolute atomic E-state index is 0.185. The zero-order valence-electron chi connectivity index (χ0n) is 24.0. The first-order chi connectivity index (χ1) is 21.4. The van der Waals surface area contributed by atoms with E-state index < -0.39 is 11.6 Å². The normalized spacial score (nSPS) is 22.0. The van der Waals surface area contributed by atoms with Gasteiger partial charge < -0.3 is 18.8 Å². The maximum absolute atomic E-state index is 14.8. The standard InChI is InChI=1S/C31H30ClFN8O3/c1-31(22-6-5-19(32)15-23(22)33)43-26-4-2-3-21(28(26)44-31)18-9-12-40(13-10-18)17-27-35-30-25(41(27)16-20-11-14-42-20)8-7-24(34-30)29-36-38-39-37-29/h2-8,15,18,20H,9-14,16-17H2,1H3,(H,36,37,38,39). The fourth-order valence-electron chi connectivity index (χ4n) is 6.45. The van der Waals surface area contributed by atoms with Crippen molar-refractivity contribution in [2.75, 3.05) is 19.7 Å². The van der Waals surface area contributed by atoms with E-state index in [1.807, 2.05) is 24.3 Å². The molecule has 0 radical (unpaired) electrons. The molecule has 2 saturated heterocycles. The van der Waals surface area contributed by atoms with Crippen LogP contribution in [0.15, 0.2) is 48.5 Å². The number of halogens is 2.